The number of nitrogens with zero attached hydrogens (tertiary/aromatic N) is 1. The Bertz CT molecular complexity index is 378. The first-order valence-electron chi connectivity index (χ1n) is 4.69. The van der Waals surface area contributed by atoms with Crippen molar-refractivity contribution < 1.29 is 8.78 Å². The molecule has 0 aliphatic carbocycles. The second-order valence-corrected chi connectivity index (χ2v) is 3.25. The van der Waals surface area contributed by atoms with E-state index in [-0.39, 0.29) is 5.82 Å². The molecule has 0 fully saturated rings. The standard InChI is InChI=1S/C9H13F2N3O/c1-2-3-5(12)9-13-6(8(10)11)4-7(15)14-9/h4-5,8H,2-3,12H2,1H3,(H,13,14,15). The Morgan fingerprint density at radius 3 is 2.80 bits per heavy atom. The SMILES string of the molecule is CCCC(N)c1nc(C(F)F)cc(=O)[nH]1. The number of hydrogen-bond donors (Lipinski definition) is 2. The maximum absolute atomic E-state index is 12.3. The highest BCUT2D eigenvalue weighted by Gasteiger charge is 2.14. The van der Waals surface area contributed by atoms with Crippen LogP contribution < -0.4 is 11.3 Å². The first kappa shape index (κ1) is 11.8. The van der Waals surface area contributed by atoms with Gasteiger partial charge in [-0.05, 0) is 6.42 Å². The van der Waals surface area contributed by atoms with Crippen molar-refractivity contribution in [1.82, 2.24) is 9.97 Å². The molecule has 0 aliphatic rings. The molecule has 4 nitrogen and oxygen atoms in total. The molecule has 1 rings (SSSR count). The van der Waals surface area contributed by atoms with Gasteiger partial charge in [-0.25, -0.2) is 13.8 Å². The van der Waals surface area contributed by atoms with Crippen LogP contribution in [0.2, 0.25) is 0 Å². The average molecular weight is 217 g/mol. The maximum atomic E-state index is 12.3. The number of H-pyrrole nitrogens is 1. The first-order chi connectivity index (χ1) is 7.04. The fourth-order valence-electron chi connectivity index (χ4n) is 1.23. The van der Waals surface area contributed by atoms with Crippen molar-refractivity contribution in [3.8, 4) is 0 Å². The third kappa shape index (κ3) is 3.09. The normalized spacial score (nSPS) is 13.1. The molecule has 0 saturated carbocycles. The van der Waals surface area contributed by atoms with E-state index in [1.807, 2.05) is 6.92 Å². The number of halogens is 2. The Balaban J connectivity index is 3.03. The number of hydrogen-bond acceptors (Lipinski definition) is 3. The summed E-state index contributed by atoms with van der Waals surface area (Å²) in [6.07, 6.45) is -1.36. The number of nitrogens with two attached hydrogens (primary N) is 1. The average Bonchev–Trinajstić information content (AvgIpc) is 2.17. The highest BCUT2D eigenvalue weighted by atomic mass is 19.3. The Kier molecular flexibility index (Phi) is 3.90. The molecule has 1 aromatic heterocycles. The Hall–Kier alpha value is -1.30. The molecule has 1 aromatic rings. The number of aromatic nitrogens is 2. The molecule has 6 heteroatoms. The summed E-state index contributed by atoms with van der Waals surface area (Å²) >= 11 is 0. The van der Waals surface area contributed by atoms with E-state index >= 15 is 0 Å². The Morgan fingerprint density at radius 1 is 1.60 bits per heavy atom. The zero-order valence-corrected chi connectivity index (χ0v) is 8.34. The van der Waals surface area contributed by atoms with Crippen LogP contribution in [0.25, 0.3) is 0 Å². The molecular formula is C9H13F2N3O. The van der Waals surface area contributed by atoms with Crippen LogP contribution in [0.4, 0.5) is 8.78 Å². The molecule has 84 valence electrons. The van der Waals surface area contributed by atoms with Crippen molar-refractivity contribution >= 4 is 0 Å². The minimum Gasteiger partial charge on any atom is -0.321 e. The largest absolute Gasteiger partial charge is 0.321 e. The van der Waals surface area contributed by atoms with Crippen LogP contribution in [0.1, 0.15) is 43.8 Å². The van der Waals surface area contributed by atoms with Crippen LogP contribution in [0.3, 0.4) is 0 Å². The van der Waals surface area contributed by atoms with E-state index in [0.29, 0.717) is 6.42 Å². The summed E-state index contributed by atoms with van der Waals surface area (Å²) in [7, 11) is 0. The molecular weight excluding hydrogens is 204 g/mol. The van der Waals surface area contributed by atoms with E-state index in [9.17, 15) is 13.6 Å². The fraction of sp³-hybridized carbons (Fsp3) is 0.556. The predicted molar refractivity (Wildman–Crippen MR) is 51.7 cm³/mol. The number of alkyl halides is 2. The van der Waals surface area contributed by atoms with Crippen LogP contribution in [-0.4, -0.2) is 9.97 Å². The lowest BCUT2D eigenvalue weighted by atomic mass is 10.1. The molecule has 1 unspecified atom stereocenters. The molecule has 0 saturated heterocycles. The maximum Gasteiger partial charge on any atom is 0.280 e. The van der Waals surface area contributed by atoms with Gasteiger partial charge in [0.1, 0.15) is 11.5 Å². The Labute approximate surface area is 85.5 Å². The summed E-state index contributed by atoms with van der Waals surface area (Å²) in [6, 6.07) is 0.286. The molecule has 3 N–H and O–H groups in total. The minimum atomic E-state index is -2.75. The molecule has 1 atom stereocenters. The first-order valence-corrected chi connectivity index (χ1v) is 4.69. The third-order valence-electron chi connectivity index (χ3n) is 1.95. The van der Waals surface area contributed by atoms with E-state index < -0.39 is 23.7 Å². The van der Waals surface area contributed by atoms with Crippen molar-refractivity contribution in [2.75, 3.05) is 0 Å². The topological polar surface area (TPSA) is 71.8 Å². The van der Waals surface area contributed by atoms with E-state index in [4.69, 9.17) is 5.73 Å². The molecule has 0 aromatic carbocycles. The van der Waals surface area contributed by atoms with E-state index in [1.165, 1.54) is 0 Å². The second-order valence-electron chi connectivity index (χ2n) is 3.25. The monoisotopic (exact) mass is 217 g/mol. The van der Waals surface area contributed by atoms with E-state index in [0.717, 1.165) is 12.5 Å². The van der Waals surface area contributed by atoms with Gasteiger partial charge >= 0.3 is 0 Å². The van der Waals surface area contributed by atoms with E-state index in [2.05, 4.69) is 9.97 Å². The molecule has 0 spiro atoms. The molecule has 1 heterocycles. The molecule has 0 bridgehead atoms. The lowest BCUT2D eigenvalue weighted by Gasteiger charge is -2.10. The van der Waals surface area contributed by atoms with Crippen molar-refractivity contribution in [2.45, 2.75) is 32.2 Å². The zero-order valence-electron chi connectivity index (χ0n) is 8.34. The van der Waals surface area contributed by atoms with Gasteiger partial charge in [-0.3, -0.25) is 4.79 Å². The van der Waals surface area contributed by atoms with Crippen LogP contribution >= 0.6 is 0 Å². The van der Waals surface area contributed by atoms with E-state index in [1.54, 1.807) is 0 Å². The predicted octanol–water partition coefficient (Wildman–Crippen LogP) is 1.51. The lowest BCUT2D eigenvalue weighted by molar-refractivity contribution is 0.145. The third-order valence-corrected chi connectivity index (χ3v) is 1.95. The summed E-state index contributed by atoms with van der Waals surface area (Å²) in [5.41, 5.74) is 4.54. The summed E-state index contributed by atoms with van der Waals surface area (Å²) in [5.74, 6) is 0.125. The van der Waals surface area contributed by atoms with Crippen molar-refractivity contribution in [3.63, 3.8) is 0 Å². The van der Waals surface area contributed by atoms with Crippen LogP contribution in [0, 0.1) is 0 Å². The number of rotatable bonds is 4. The van der Waals surface area contributed by atoms with Gasteiger partial charge < -0.3 is 10.7 Å². The highest BCUT2D eigenvalue weighted by Crippen LogP contribution is 2.16. The van der Waals surface area contributed by atoms with Gasteiger partial charge in [0, 0.05) is 6.07 Å². The molecule has 0 radical (unpaired) electrons. The van der Waals surface area contributed by atoms with Gasteiger partial charge in [-0.1, -0.05) is 13.3 Å². The van der Waals surface area contributed by atoms with Crippen LogP contribution in [0.5, 0.6) is 0 Å². The summed E-state index contributed by atoms with van der Waals surface area (Å²) in [4.78, 5) is 17.0. The lowest BCUT2D eigenvalue weighted by Crippen LogP contribution is -2.20. The van der Waals surface area contributed by atoms with Crippen molar-refractivity contribution in [1.29, 1.82) is 0 Å². The number of nitrogens with one attached hydrogen (secondary N) is 1. The smallest absolute Gasteiger partial charge is 0.280 e. The number of aromatic amines is 1. The highest BCUT2D eigenvalue weighted by molar-refractivity contribution is 5.06. The molecule has 15 heavy (non-hydrogen) atoms. The van der Waals surface area contributed by atoms with Crippen molar-refractivity contribution in [3.05, 3.63) is 27.9 Å². The Morgan fingerprint density at radius 2 is 2.27 bits per heavy atom. The van der Waals surface area contributed by atoms with Gasteiger partial charge in [0.2, 0.25) is 0 Å². The van der Waals surface area contributed by atoms with Gasteiger partial charge in [-0.2, -0.15) is 0 Å². The van der Waals surface area contributed by atoms with Crippen LogP contribution in [0.15, 0.2) is 10.9 Å². The zero-order chi connectivity index (χ0) is 11.4. The van der Waals surface area contributed by atoms with Crippen molar-refractivity contribution in [2.24, 2.45) is 5.73 Å². The van der Waals surface area contributed by atoms with Gasteiger partial charge in [-0.15, -0.1) is 0 Å². The second kappa shape index (κ2) is 4.97. The quantitative estimate of drug-likeness (QED) is 0.802. The minimum absolute atomic E-state index is 0.125. The van der Waals surface area contributed by atoms with Gasteiger partial charge in [0.05, 0.1) is 6.04 Å². The van der Waals surface area contributed by atoms with Gasteiger partial charge in [0.15, 0.2) is 0 Å². The summed E-state index contributed by atoms with van der Waals surface area (Å²) in [6.45, 7) is 1.91. The van der Waals surface area contributed by atoms with Crippen LogP contribution in [-0.2, 0) is 0 Å². The summed E-state index contributed by atoms with van der Waals surface area (Å²) < 4.78 is 24.6. The van der Waals surface area contributed by atoms with Gasteiger partial charge in [0.25, 0.3) is 12.0 Å². The fourth-order valence-corrected chi connectivity index (χ4v) is 1.23. The molecule has 0 aliphatic heterocycles. The summed E-state index contributed by atoms with van der Waals surface area (Å²) in [5, 5.41) is 0. The molecule has 0 amide bonds.